The van der Waals surface area contributed by atoms with Gasteiger partial charge in [0.15, 0.2) is 0 Å². The lowest BCUT2D eigenvalue weighted by Gasteiger charge is -2.63. The van der Waals surface area contributed by atoms with E-state index in [0.29, 0.717) is 19.3 Å². The molecule has 0 unspecified atom stereocenters. The molecule has 4 aliphatic rings. The summed E-state index contributed by atoms with van der Waals surface area (Å²) < 4.78 is 0. The van der Waals surface area contributed by atoms with Gasteiger partial charge in [-0.15, -0.1) is 0 Å². The van der Waals surface area contributed by atoms with Crippen molar-refractivity contribution in [3.8, 4) is 0 Å². The molecule has 5 atom stereocenters. The number of rotatable bonds is 1. The van der Waals surface area contributed by atoms with Gasteiger partial charge in [-0.1, -0.05) is 12.2 Å². The second-order valence-electron chi connectivity index (χ2n) is 6.26. The molecule has 4 aliphatic carbocycles. The smallest absolute Gasteiger partial charge is 0.149 e. The number of aliphatic hydroxyl groups is 1. The normalized spacial score (nSPS) is 52.1. The molecule has 0 aromatic carbocycles. The molecule has 4 fully saturated rings. The maximum atomic E-state index is 12.2. The number of hydrogen-bond acceptors (Lipinski definition) is 3. The molecular formula is C14H18O3. The zero-order valence-electron chi connectivity index (χ0n) is 10.3. The van der Waals surface area contributed by atoms with E-state index in [-0.39, 0.29) is 23.4 Å². The lowest BCUT2D eigenvalue weighted by molar-refractivity contribution is -0.200. The molecule has 0 aliphatic heterocycles. The van der Waals surface area contributed by atoms with Crippen molar-refractivity contribution in [3.05, 3.63) is 12.2 Å². The number of ketones is 2. The molecule has 3 heteroatoms. The molecule has 0 aromatic heterocycles. The average Bonchev–Trinajstić information content (AvgIpc) is 2.22. The minimum atomic E-state index is -1.02. The number of carbonyl (C=O) groups excluding carboxylic acids is 2. The van der Waals surface area contributed by atoms with Gasteiger partial charge < -0.3 is 5.11 Å². The third kappa shape index (κ3) is 1.02. The lowest BCUT2D eigenvalue weighted by Crippen LogP contribution is -2.69. The summed E-state index contributed by atoms with van der Waals surface area (Å²) in [6.45, 7) is 7.68. The van der Waals surface area contributed by atoms with Crippen LogP contribution in [0.15, 0.2) is 12.2 Å². The van der Waals surface area contributed by atoms with Gasteiger partial charge >= 0.3 is 0 Å². The Morgan fingerprint density at radius 2 is 2.00 bits per heavy atom. The highest BCUT2D eigenvalue weighted by molar-refractivity contribution is 6.08. The van der Waals surface area contributed by atoms with Gasteiger partial charge in [-0.05, 0) is 33.1 Å². The van der Waals surface area contributed by atoms with Crippen LogP contribution in [-0.2, 0) is 9.59 Å². The van der Waals surface area contributed by atoms with Gasteiger partial charge in [0, 0.05) is 17.3 Å². The largest absolute Gasteiger partial charge is 0.389 e. The Morgan fingerprint density at radius 1 is 1.35 bits per heavy atom. The molecule has 4 bridgehead atoms. The van der Waals surface area contributed by atoms with Crippen LogP contribution in [0.25, 0.3) is 0 Å². The zero-order valence-corrected chi connectivity index (χ0v) is 10.3. The third-order valence-corrected chi connectivity index (χ3v) is 5.56. The van der Waals surface area contributed by atoms with Crippen LogP contribution >= 0.6 is 0 Å². The standard InChI is InChI=1S/C14H18O3/c1-7(2)14-5-8-4-10(13(14,3)17)12(16)9(6-14)11(8)15/h8-10,17H,1,4-6H2,2-3H3/t8-,9+,10-,13-,14+/m1/s1. The first-order valence-electron chi connectivity index (χ1n) is 6.27. The van der Waals surface area contributed by atoms with E-state index in [2.05, 4.69) is 6.58 Å². The first kappa shape index (κ1) is 11.1. The van der Waals surface area contributed by atoms with Crippen LogP contribution < -0.4 is 0 Å². The van der Waals surface area contributed by atoms with Gasteiger partial charge in [0.2, 0.25) is 0 Å². The van der Waals surface area contributed by atoms with E-state index in [0.717, 1.165) is 5.57 Å². The van der Waals surface area contributed by atoms with Crippen LogP contribution in [0.2, 0.25) is 0 Å². The highest BCUT2D eigenvalue weighted by Crippen LogP contribution is 2.64. The van der Waals surface area contributed by atoms with Crippen LogP contribution in [0, 0.1) is 23.2 Å². The molecule has 3 nitrogen and oxygen atoms in total. The summed E-state index contributed by atoms with van der Waals surface area (Å²) in [5.41, 5.74) is -0.529. The van der Waals surface area contributed by atoms with Gasteiger partial charge in [0.25, 0.3) is 0 Å². The summed E-state index contributed by atoms with van der Waals surface area (Å²) in [7, 11) is 0. The molecule has 17 heavy (non-hydrogen) atoms. The van der Waals surface area contributed by atoms with Crippen molar-refractivity contribution in [2.24, 2.45) is 23.2 Å². The predicted molar refractivity (Wildman–Crippen MR) is 62.2 cm³/mol. The average molecular weight is 234 g/mol. The van der Waals surface area contributed by atoms with E-state index in [1.165, 1.54) is 0 Å². The van der Waals surface area contributed by atoms with E-state index in [4.69, 9.17) is 0 Å². The summed E-state index contributed by atoms with van der Waals surface area (Å²) >= 11 is 0. The molecule has 92 valence electrons. The summed E-state index contributed by atoms with van der Waals surface area (Å²) in [5.74, 6) is -0.793. The van der Waals surface area contributed by atoms with Gasteiger partial charge in [0.1, 0.15) is 11.6 Å². The topological polar surface area (TPSA) is 54.4 Å². The number of Topliss-reactive ketones (excluding diaryl/α,β-unsaturated/α-hetero) is 2. The van der Waals surface area contributed by atoms with Crippen LogP contribution in [0.1, 0.15) is 33.1 Å². The fraction of sp³-hybridized carbons (Fsp3) is 0.714. The van der Waals surface area contributed by atoms with Crippen LogP contribution in [0.5, 0.6) is 0 Å². The van der Waals surface area contributed by atoms with E-state index >= 15 is 0 Å². The van der Waals surface area contributed by atoms with Crippen LogP contribution in [0.4, 0.5) is 0 Å². The molecule has 0 spiro atoms. The maximum Gasteiger partial charge on any atom is 0.149 e. The minimum Gasteiger partial charge on any atom is -0.389 e. The molecule has 0 amide bonds. The molecule has 0 aromatic rings. The van der Waals surface area contributed by atoms with Crippen molar-refractivity contribution in [1.82, 2.24) is 0 Å². The Kier molecular flexibility index (Phi) is 1.89. The summed E-state index contributed by atoms with van der Waals surface area (Å²) in [4.78, 5) is 24.2. The van der Waals surface area contributed by atoms with Crippen molar-refractivity contribution < 1.29 is 14.7 Å². The molecule has 0 saturated heterocycles. The number of hydrogen-bond donors (Lipinski definition) is 1. The van der Waals surface area contributed by atoms with Crippen LogP contribution in [0.3, 0.4) is 0 Å². The molecule has 0 radical (unpaired) electrons. The molecule has 4 saturated carbocycles. The van der Waals surface area contributed by atoms with Gasteiger partial charge in [-0.25, -0.2) is 0 Å². The van der Waals surface area contributed by atoms with Crippen molar-refractivity contribution in [3.63, 3.8) is 0 Å². The Bertz CT molecular complexity index is 448. The van der Waals surface area contributed by atoms with Crippen molar-refractivity contribution in [1.29, 1.82) is 0 Å². The summed E-state index contributed by atoms with van der Waals surface area (Å²) in [6, 6.07) is 0. The van der Waals surface area contributed by atoms with Crippen molar-refractivity contribution >= 4 is 11.6 Å². The molecule has 1 N–H and O–H groups in total. The van der Waals surface area contributed by atoms with E-state index in [1.807, 2.05) is 6.92 Å². The highest BCUT2D eigenvalue weighted by Gasteiger charge is 2.69. The Labute approximate surface area is 101 Å². The third-order valence-electron chi connectivity index (χ3n) is 5.56. The van der Waals surface area contributed by atoms with Crippen LogP contribution in [-0.4, -0.2) is 22.3 Å². The van der Waals surface area contributed by atoms with Gasteiger partial charge in [-0.2, -0.15) is 0 Å². The second kappa shape index (κ2) is 2.89. The molecule has 4 rings (SSSR count). The lowest BCUT2D eigenvalue weighted by atomic mass is 9.41. The quantitative estimate of drug-likeness (QED) is 0.552. The van der Waals surface area contributed by atoms with E-state index in [9.17, 15) is 14.7 Å². The molecule has 0 heterocycles. The highest BCUT2D eigenvalue weighted by atomic mass is 16.3. The second-order valence-corrected chi connectivity index (χ2v) is 6.26. The summed E-state index contributed by atoms with van der Waals surface area (Å²) in [5, 5.41) is 10.8. The SMILES string of the molecule is C=C(C)[C@]12C[C@H]3C[C@H](C(=O)[C@@H](C1)C3=O)[C@@]2(C)O. The Hall–Kier alpha value is -0.960. The fourth-order valence-corrected chi connectivity index (χ4v) is 4.46. The fourth-order valence-electron chi connectivity index (χ4n) is 4.46. The molecular weight excluding hydrogens is 216 g/mol. The monoisotopic (exact) mass is 234 g/mol. The minimum absolute atomic E-state index is 0.0339. The maximum absolute atomic E-state index is 12.2. The first-order chi connectivity index (χ1) is 7.81. The predicted octanol–water partition coefficient (Wildman–Crippen LogP) is 1.50. The van der Waals surface area contributed by atoms with Gasteiger partial charge in [-0.3, -0.25) is 9.59 Å². The Balaban J connectivity index is 2.17. The van der Waals surface area contributed by atoms with E-state index in [1.54, 1.807) is 6.92 Å². The number of carbonyl (C=O) groups is 2. The van der Waals surface area contributed by atoms with Crippen molar-refractivity contribution in [2.75, 3.05) is 0 Å². The van der Waals surface area contributed by atoms with E-state index < -0.39 is 16.9 Å². The van der Waals surface area contributed by atoms with Gasteiger partial charge in [0.05, 0.1) is 11.5 Å². The Morgan fingerprint density at radius 3 is 2.59 bits per heavy atom. The zero-order chi connectivity index (χ0) is 12.6. The van der Waals surface area contributed by atoms with Crippen molar-refractivity contribution in [2.45, 2.75) is 38.7 Å². The first-order valence-corrected chi connectivity index (χ1v) is 6.27. The summed E-state index contributed by atoms with van der Waals surface area (Å²) in [6.07, 6.45) is 1.69.